The van der Waals surface area contributed by atoms with Crippen LogP contribution in [-0.4, -0.2) is 59.0 Å². The first-order chi connectivity index (χ1) is 9.53. The fourth-order valence-corrected chi connectivity index (χ4v) is 3.13. The normalized spacial score (nSPS) is 27.7. The van der Waals surface area contributed by atoms with Crippen molar-refractivity contribution >= 4 is 11.8 Å². The minimum absolute atomic E-state index is 0.0141. The predicted octanol–water partition coefficient (Wildman–Crippen LogP) is 0.417. The molecule has 3 rings (SSSR count). The topological polar surface area (TPSA) is 66.4 Å². The first kappa shape index (κ1) is 13.0. The third-order valence-corrected chi connectivity index (χ3v) is 4.43. The van der Waals surface area contributed by atoms with Gasteiger partial charge in [-0.15, -0.1) is 0 Å². The fourth-order valence-electron chi connectivity index (χ4n) is 3.13. The van der Waals surface area contributed by atoms with Crippen molar-refractivity contribution in [1.29, 1.82) is 0 Å². The van der Waals surface area contributed by atoms with Gasteiger partial charge in [-0.1, -0.05) is 0 Å². The van der Waals surface area contributed by atoms with Gasteiger partial charge < -0.3 is 9.80 Å². The summed E-state index contributed by atoms with van der Waals surface area (Å²) in [6.07, 6.45) is 4.83. The molecule has 6 heteroatoms. The average Bonchev–Trinajstić information content (AvgIpc) is 2.98. The van der Waals surface area contributed by atoms with Gasteiger partial charge in [-0.2, -0.15) is 10.2 Å². The predicted molar refractivity (Wildman–Crippen MR) is 71.8 cm³/mol. The second-order valence-corrected chi connectivity index (χ2v) is 5.96. The molecule has 0 bridgehead atoms. The summed E-state index contributed by atoms with van der Waals surface area (Å²) in [7, 11) is 3.57. The van der Waals surface area contributed by atoms with Crippen LogP contribution < -0.4 is 0 Å². The molecule has 1 aliphatic heterocycles. The summed E-state index contributed by atoms with van der Waals surface area (Å²) in [6, 6.07) is 1.68. The van der Waals surface area contributed by atoms with E-state index < -0.39 is 0 Å². The van der Waals surface area contributed by atoms with Gasteiger partial charge in [0.15, 0.2) is 0 Å². The molecule has 106 valence electrons. The largest absolute Gasteiger partial charge is 0.349 e. The smallest absolute Gasteiger partial charge is 0.255 e. The summed E-state index contributed by atoms with van der Waals surface area (Å²) in [5, 5.41) is 7.42. The van der Waals surface area contributed by atoms with E-state index in [9.17, 15) is 9.59 Å². The van der Waals surface area contributed by atoms with E-state index in [0.717, 1.165) is 19.4 Å². The van der Waals surface area contributed by atoms with Crippen LogP contribution in [0.3, 0.4) is 0 Å². The quantitative estimate of drug-likeness (QED) is 0.784. The highest BCUT2D eigenvalue weighted by atomic mass is 16.2. The monoisotopic (exact) mass is 274 g/mol. The van der Waals surface area contributed by atoms with Gasteiger partial charge in [0.2, 0.25) is 5.91 Å². The van der Waals surface area contributed by atoms with Crippen LogP contribution in [0.5, 0.6) is 0 Å². The Balaban J connectivity index is 1.67. The molecule has 0 N–H and O–H groups in total. The second kappa shape index (κ2) is 4.54. The molecule has 20 heavy (non-hydrogen) atoms. The van der Waals surface area contributed by atoms with Crippen LogP contribution in [-0.2, 0) is 4.79 Å². The molecule has 2 amide bonds. The van der Waals surface area contributed by atoms with Crippen LogP contribution in [0.25, 0.3) is 0 Å². The Labute approximate surface area is 117 Å². The summed E-state index contributed by atoms with van der Waals surface area (Å²) in [4.78, 5) is 27.8. The molecule has 2 fully saturated rings. The zero-order chi connectivity index (χ0) is 14.3. The van der Waals surface area contributed by atoms with Crippen molar-refractivity contribution in [2.75, 3.05) is 27.2 Å². The number of nitrogens with zero attached hydrogens (tertiary/aromatic N) is 4. The molecule has 2 atom stereocenters. The minimum Gasteiger partial charge on any atom is -0.349 e. The maximum Gasteiger partial charge on any atom is 0.255 e. The van der Waals surface area contributed by atoms with Gasteiger partial charge in [-0.05, 0) is 18.9 Å². The highest BCUT2D eigenvalue weighted by molar-refractivity contribution is 5.94. The molecule has 2 aliphatic rings. The summed E-state index contributed by atoms with van der Waals surface area (Å²) in [5.74, 6) is 0.260. The molecular formula is C14H18N4O2. The third kappa shape index (κ3) is 2.05. The lowest BCUT2D eigenvalue weighted by Crippen LogP contribution is -2.31. The Morgan fingerprint density at radius 1 is 1.40 bits per heavy atom. The van der Waals surface area contributed by atoms with E-state index in [1.54, 1.807) is 25.1 Å². The molecule has 1 saturated carbocycles. The van der Waals surface area contributed by atoms with Gasteiger partial charge in [0.1, 0.15) is 0 Å². The number of hydrogen-bond donors (Lipinski definition) is 0. The molecule has 0 aromatic carbocycles. The number of carbonyl (C=O) groups excluding carboxylic acids is 2. The van der Waals surface area contributed by atoms with Crippen LogP contribution in [0, 0.1) is 11.3 Å². The maximum absolute atomic E-state index is 12.3. The molecule has 2 heterocycles. The molecular weight excluding hydrogens is 256 g/mol. The Kier molecular flexibility index (Phi) is 2.96. The zero-order valence-corrected chi connectivity index (χ0v) is 11.7. The third-order valence-electron chi connectivity index (χ3n) is 4.43. The molecule has 1 saturated heterocycles. The van der Waals surface area contributed by atoms with Crippen LogP contribution in [0.15, 0.2) is 18.5 Å². The lowest BCUT2D eigenvalue weighted by atomic mass is 10.0. The van der Waals surface area contributed by atoms with Gasteiger partial charge in [0, 0.05) is 38.5 Å². The van der Waals surface area contributed by atoms with Crippen molar-refractivity contribution in [2.24, 2.45) is 11.3 Å². The molecule has 1 aromatic heterocycles. The maximum atomic E-state index is 12.3. The van der Waals surface area contributed by atoms with Gasteiger partial charge >= 0.3 is 0 Å². The highest BCUT2D eigenvalue weighted by Crippen LogP contribution is 2.59. The number of likely N-dealkylation sites (tertiary alicyclic amines) is 1. The van der Waals surface area contributed by atoms with E-state index >= 15 is 0 Å². The van der Waals surface area contributed by atoms with Crippen LogP contribution in [0.4, 0.5) is 0 Å². The molecule has 0 radical (unpaired) electrons. The van der Waals surface area contributed by atoms with E-state index in [0.29, 0.717) is 12.1 Å². The number of rotatable bonds is 2. The summed E-state index contributed by atoms with van der Waals surface area (Å²) >= 11 is 0. The number of carbonyl (C=O) groups is 2. The van der Waals surface area contributed by atoms with Crippen molar-refractivity contribution in [2.45, 2.75) is 12.8 Å². The molecule has 1 aromatic rings. The van der Waals surface area contributed by atoms with Crippen LogP contribution >= 0.6 is 0 Å². The highest BCUT2D eigenvalue weighted by Gasteiger charge is 2.61. The van der Waals surface area contributed by atoms with Crippen LogP contribution in [0.1, 0.15) is 23.2 Å². The first-order valence-electron chi connectivity index (χ1n) is 6.81. The minimum atomic E-state index is -0.0141. The van der Waals surface area contributed by atoms with E-state index in [1.165, 1.54) is 12.4 Å². The lowest BCUT2D eigenvalue weighted by Gasteiger charge is -2.17. The lowest BCUT2D eigenvalue weighted by molar-refractivity contribution is -0.130. The van der Waals surface area contributed by atoms with Crippen molar-refractivity contribution in [3.63, 3.8) is 0 Å². The second-order valence-electron chi connectivity index (χ2n) is 5.96. The molecule has 1 aliphatic carbocycles. The summed E-state index contributed by atoms with van der Waals surface area (Å²) in [6.45, 7) is 1.40. The Morgan fingerprint density at radius 2 is 2.20 bits per heavy atom. The summed E-state index contributed by atoms with van der Waals surface area (Å²) < 4.78 is 0. The van der Waals surface area contributed by atoms with Gasteiger partial charge in [0.05, 0.1) is 18.0 Å². The van der Waals surface area contributed by atoms with E-state index in [2.05, 4.69) is 10.2 Å². The fraction of sp³-hybridized carbons (Fsp3) is 0.571. The molecule has 6 nitrogen and oxygen atoms in total. The van der Waals surface area contributed by atoms with Gasteiger partial charge in [-0.25, -0.2) is 0 Å². The number of aromatic nitrogens is 2. The van der Waals surface area contributed by atoms with Crippen molar-refractivity contribution in [3.8, 4) is 0 Å². The Hall–Kier alpha value is -1.98. The SMILES string of the molecule is CN(C)C(=O)[C@@H]1C[C@]12CCN(C(=O)c1ccnnc1)C2. The Morgan fingerprint density at radius 3 is 2.85 bits per heavy atom. The van der Waals surface area contributed by atoms with Crippen LogP contribution in [0.2, 0.25) is 0 Å². The average molecular weight is 274 g/mol. The molecule has 1 spiro atoms. The van der Waals surface area contributed by atoms with E-state index in [-0.39, 0.29) is 23.1 Å². The van der Waals surface area contributed by atoms with Crippen molar-refractivity contribution in [3.05, 3.63) is 24.0 Å². The van der Waals surface area contributed by atoms with Crippen molar-refractivity contribution < 1.29 is 9.59 Å². The standard InChI is InChI=1S/C14H18N4O2/c1-17(2)13(20)11-7-14(11)4-6-18(9-14)12(19)10-3-5-15-16-8-10/h3,5,8,11H,4,6-7,9H2,1-2H3/t11-,14-/m0/s1. The zero-order valence-electron chi connectivity index (χ0n) is 11.7. The number of amides is 2. The molecule has 0 unspecified atom stereocenters. The number of hydrogen-bond acceptors (Lipinski definition) is 4. The van der Waals surface area contributed by atoms with Gasteiger partial charge in [0.25, 0.3) is 5.91 Å². The Bertz CT molecular complexity index is 545. The van der Waals surface area contributed by atoms with Gasteiger partial charge in [-0.3, -0.25) is 9.59 Å². The first-order valence-corrected chi connectivity index (χ1v) is 6.81. The van der Waals surface area contributed by atoms with Crippen molar-refractivity contribution in [1.82, 2.24) is 20.0 Å². The van der Waals surface area contributed by atoms with E-state index in [4.69, 9.17) is 0 Å². The summed E-state index contributed by atoms with van der Waals surface area (Å²) in [5.41, 5.74) is 0.588. The van der Waals surface area contributed by atoms with E-state index in [1.807, 2.05) is 4.90 Å².